The van der Waals surface area contributed by atoms with E-state index in [4.69, 9.17) is 5.73 Å². The average molecular weight is 359 g/mol. The Balaban J connectivity index is 1.41. The molecule has 3 heterocycles. The Morgan fingerprint density at radius 1 is 1.08 bits per heavy atom. The van der Waals surface area contributed by atoms with E-state index in [2.05, 4.69) is 19.7 Å². The Bertz CT molecular complexity index is 617. The van der Waals surface area contributed by atoms with Gasteiger partial charge in [-0.1, -0.05) is 0 Å². The highest BCUT2D eigenvalue weighted by Crippen LogP contribution is 2.20. The molecule has 0 saturated carbocycles. The fourth-order valence-corrected chi connectivity index (χ4v) is 3.89. The molecule has 0 bridgehead atoms. The van der Waals surface area contributed by atoms with Crippen LogP contribution < -0.4 is 10.6 Å². The number of pyridine rings is 1. The van der Waals surface area contributed by atoms with Crippen LogP contribution >= 0.6 is 0 Å². The predicted octanol–water partition coefficient (Wildman–Crippen LogP) is 0.604. The Hall–Kier alpha value is -1.99. The van der Waals surface area contributed by atoms with Crippen molar-refractivity contribution < 1.29 is 9.59 Å². The molecule has 2 aliphatic heterocycles. The minimum absolute atomic E-state index is 0.261. The summed E-state index contributed by atoms with van der Waals surface area (Å²) in [6.07, 6.45) is 3.92. The predicted molar refractivity (Wildman–Crippen MR) is 101 cm³/mol. The van der Waals surface area contributed by atoms with Crippen molar-refractivity contribution in [1.82, 2.24) is 14.8 Å². The van der Waals surface area contributed by atoms with Gasteiger partial charge in [-0.15, -0.1) is 0 Å². The van der Waals surface area contributed by atoms with Crippen LogP contribution in [0.25, 0.3) is 0 Å². The highest BCUT2D eigenvalue weighted by molar-refractivity contribution is 5.92. The third-order valence-electron chi connectivity index (χ3n) is 5.40. The molecule has 3 rings (SSSR count). The molecule has 1 aromatic heterocycles. The molecule has 7 nitrogen and oxygen atoms in total. The van der Waals surface area contributed by atoms with E-state index in [1.165, 1.54) is 12.8 Å². The first kappa shape index (κ1) is 18.8. The van der Waals surface area contributed by atoms with Gasteiger partial charge < -0.3 is 10.6 Å². The summed E-state index contributed by atoms with van der Waals surface area (Å²) >= 11 is 0. The highest BCUT2D eigenvalue weighted by atomic mass is 16.1. The second-order valence-electron chi connectivity index (χ2n) is 7.48. The van der Waals surface area contributed by atoms with Crippen LogP contribution in [0.15, 0.2) is 18.3 Å². The van der Waals surface area contributed by atoms with E-state index in [1.807, 2.05) is 6.07 Å². The van der Waals surface area contributed by atoms with Crippen molar-refractivity contribution in [3.05, 3.63) is 23.9 Å². The Morgan fingerprint density at radius 3 is 2.31 bits per heavy atom. The number of Topliss-reactive ketones (excluding diaryl/α,β-unsaturated/α-hetero) is 1. The number of hydrogen-bond acceptors (Lipinski definition) is 6. The van der Waals surface area contributed by atoms with Crippen LogP contribution in [0.4, 0.5) is 5.82 Å². The molecular formula is C19H29N5O2. The normalized spacial score (nSPS) is 20.3. The van der Waals surface area contributed by atoms with Crippen LogP contribution in [0.3, 0.4) is 0 Å². The van der Waals surface area contributed by atoms with Crippen LogP contribution in [-0.4, -0.2) is 78.8 Å². The van der Waals surface area contributed by atoms with Gasteiger partial charge in [-0.2, -0.15) is 0 Å². The number of hydrogen-bond donors (Lipinski definition) is 1. The van der Waals surface area contributed by atoms with Gasteiger partial charge in [0.15, 0.2) is 0 Å². The number of carbonyl (C=O) groups is 2. The Kier molecular flexibility index (Phi) is 6.21. The lowest BCUT2D eigenvalue weighted by Crippen LogP contribution is -2.49. The monoisotopic (exact) mass is 359 g/mol. The Morgan fingerprint density at radius 2 is 1.77 bits per heavy atom. The molecule has 0 spiro atoms. The van der Waals surface area contributed by atoms with Crippen LogP contribution in [0.2, 0.25) is 0 Å². The van der Waals surface area contributed by atoms with Gasteiger partial charge in [0.25, 0.3) is 0 Å². The summed E-state index contributed by atoms with van der Waals surface area (Å²) in [4.78, 5) is 33.8. The van der Waals surface area contributed by atoms with E-state index < -0.39 is 5.91 Å². The summed E-state index contributed by atoms with van der Waals surface area (Å²) in [5.41, 5.74) is 5.71. The molecule has 2 N–H and O–H groups in total. The van der Waals surface area contributed by atoms with E-state index >= 15 is 0 Å². The zero-order chi connectivity index (χ0) is 18.5. The second-order valence-corrected chi connectivity index (χ2v) is 7.48. The van der Waals surface area contributed by atoms with E-state index in [0.29, 0.717) is 12.1 Å². The zero-order valence-electron chi connectivity index (χ0n) is 15.6. The molecule has 1 amide bonds. The lowest BCUT2D eigenvalue weighted by Gasteiger charge is -2.39. The van der Waals surface area contributed by atoms with E-state index in [-0.39, 0.29) is 5.78 Å². The van der Waals surface area contributed by atoms with Crippen molar-refractivity contribution >= 4 is 17.5 Å². The van der Waals surface area contributed by atoms with E-state index in [9.17, 15) is 9.59 Å². The van der Waals surface area contributed by atoms with Crippen LogP contribution in [0, 0.1) is 5.92 Å². The van der Waals surface area contributed by atoms with Crippen molar-refractivity contribution in [3.63, 3.8) is 0 Å². The first-order chi connectivity index (χ1) is 12.5. The third kappa shape index (κ3) is 5.02. The summed E-state index contributed by atoms with van der Waals surface area (Å²) in [6, 6.07) is 3.62. The summed E-state index contributed by atoms with van der Waals surface area (Å²) in [7, 11) is 0. The third-order valence-corrected chi connectivity index (χ3v) is 5.40. The summed E-state index contributed by atoms with van der Waals surface area (Å²) in [6.45, 7) is 9.48. The van der Waals surface area contributed by atoms with Gasteiger partial charge in [0, 0.05) is 38.9 Å². The van der Waals surface area contributed by atoms with Gasteiger partial charge in [0.2, 0.25) is 5.91 Å². The number of primary amides is 1. The van der Waals surface area contributed by atoms with Crippen molar-refractivity contribution in [2.75, 3.05) is 57.3 Å². The fourth-order valence-electron chi connectivity index (χ4n) is 3.89. The minimum atomic E-state index is -0.441. The molecule has 2 saturated heterocycles. The lowest BCUT2D eigenvalue weighted by molar-refractivity contribution is -0.118. The molecule has 0 radical (unpaired) electrons. The molecular weight excluding hydrogens is 330 g/mol. The smallest absolute Gasteiger partial charge is 0.250 e. The Labute approximate surface area is 155 Å². The SMILES string of the molecule is CC(=O)CN1CCC(CN2CCN(c3ccc(C(N)=O)cn3)CC2)CC1. The number of nitrogens with zero attached hydrogens (tertiary/aromatic N) is 4. The number of amides is 1. The molecule has 0 atom stereocenters. The number of piperidine rings is 1. The summed E-state index contributed by atoms with van der Waals surface area (Å²) in [5.74, 6) is 1.46. The van der Waals surface area contributed by atoms with Crippen LogP contribution in [0.5, 0.6) is 0 Å². The minimum Gasteiger partial charge on any atom is -0.366 e. The van der Waals surface area contributed by atoms with Gasteiger partial charge in [0.05, 0.1) is 12.1 Å². The van der Waals surface area contributed by atoms with Crippen molar-refractivity contribution in [1.29, 1.82) is 0 Å². The molecule has 142 valence electrons. The number of piperazine rings is 1. The molecule has 2 aliphatic rings. The second kappa shape index (κ2) is 8.60. The van der Waals surface area contributed by atoms with Gasteiger partial charge in [-0.05, 0) is 50.9 Å². The van der Waals surface area contributed by atoms with E-state index in [1.54, 1.807) is 19.2 Å². The van der Waals surface area contributed by atoms with Crippen molar-refractivity contribution in [2.24, 2.45) is 11.7 Å². The lowest BCUT2D eigenvalue weighted by atomic mass is 9.95. The number of rotatable bonds is 6. The number of nitrogens with two attached hydrogens (primary N) is 1. The van der Waals surface area contributed by atoms with Crippen molar-refractivity contribution in [3.8, 4) is 0 Å². The number of aromatic nitrogens is 1. The van der Waals surface area contributed by atoms with Gasteiger partial charge in [-0.3, -0.25) is 19.4 Å². The fraction of sp³-hybridized carbons (Fsp3) is 0.632. The first-order valence-electron chi connectivity index (χ1n) is 9.46. The topological polar surface area (TPSA) is 82.8 Å². The average Bonchev–Trinajstić information content (AvgIpc) is 2.64. The molecule has 0 aromatic carbocycles. The van der Waals surface area contributed by atoms with Crippen LogP contribution in [-0.2, 0) is 4.79 Å². The number of anilines is 1. The highest BCUT2D eigenvalue weighted by Gasteiger charge is 2.24. The maximum atomic E-state index is 11.2. The molecule has 2 fully saturated rings. The van der Waals surface area contributed by atoms with Crippen molar-refractivity contribution in [2.45, 2.75) is 19.8 Å². The number of carbonyl (C=O) groups excluding carboxylic acids is 2. The van der Waals surface area contributed by atoms with E-state index in [0.717, 1.165) is 57.5 Å². The van der Waals surface area contributed by atoms with Gasteiger partial charge in [0.1, 0.15) is 11.6 Å². The quantitative estimate of drug-likeness (QED) is 0.801. The standard InChI is InChI=1S/C19H29N5O2/c1-15(25)13-22-6-4-16(5-7-22)14-23-8-10-24(11-9-23)18-3-2-17(12-21-18)19(20)26/h2-3,12,16H,4-11,13-14H2,1H3,(H2,20,26). The number of likely N-dealkylation sites (tertiary alicyclic amines) is 1. The first-order valence-corrected chi connectivity index (χ1v) is 9.46. The maximum Gasteiger partial charge on any atom is 0.250 e. The maximum absolute atomic E-state index is 11.2. The molecule has 7 heteroatoms. The largest absolute Gasteiger partial charge is 0.366 e. The zero-order valence-corrected chi connectivity index (χ0v) is 15.6. The summed E-state index contributed by atoms with van der Waals surface area (Å²) < 4.78 is 0. The number of ketones is 1. The summed E-state index contributed by atoms with van der Waals surface area (Å²) in [5, 5.41) is 0. The van der Waals surface area contributed by atoms with Gasteiger partial charge >= 0.3 is 0 Å². The van der Waals surface area contributed by atoms with Gasteiger partial charge in [-0.25, -0.2) is 4.98 Å². The van der Waals surface area contributed by atoms with Crippen LogP contribution in [0.1, 0.15) is 30.1 Å². The molecule has 0 aliphatic carbocycles. The molecule has 0 unspecified atom stereocenters. The molecule has 1 aromatic rings. The molecule has 26 heavy (non-hydrogen) atoms.